The molecular weight excluding hydrogens is 449 g/mol. The fourth-order valence-electron chi connectivity index (χ4n) is 4.04. The Morgan fingerprint density at radius 2 is 1.66 bits per heavy atom. The molecule has 1 aliphatic heterocycles. The molecule has 0 aliphatic carbocycles. The number of para-hydroxylation sites is 1. The van der Waals surface area contributed by atoms with Crippen LogP contribution in [0.1, 0.15) is 45.0 Å². The molecule has 1 aromatic heterocycles. The van der Waals surface area contributed by atoms with Crippen LogP contribution >= 0.6 is 23.2 Å². The summed E-state index contributed by atoms with van der Waals surface area (Å²) in [7, 11) is 0. The minimum absolute atomic E-state index is 0.0135. The second-order valence-corrected chi connectivity index (χ2v) is 8.34. The molecule has 4 aromatic rings. The number of carbonyl (C=O) groups excluding carboxylic acids is 2. The number of fused-ring (bicyclic) bond motifs is 2. The van der Waals surface area contributed by atoms with Crippen LogP contribution < -0.4 is 10.3 Å². The second kappa shape index (κ2) is 7.62. The number of hydrogen-bond donors (Lipinski definition) is 0. The van der Waals surface area contributed by atoms with Gasteiger partial charge in [-0.25, -0.2) is 0 Å². The van der Waals surface area contributed by atoms with Crippen molar-refractivity contribution in [3.05, 3.63) is 109 Å². The highest BCUT2D eigenvalue weighted by Gasteiger charge is 2.43. The Kier molecular flexibility index (Phi) is 4.88. The molecule has 0 bridgehead atoms. The van der Waals surface area contributed by atoms with E-state index in [4.69, 9.17) is 27.6 Å². The molecule has 1 atom stereocenters. The second-order valence-electron chi connectivity index (χ2n) is 7.52. The zero-order valence-corrected chi connectivity index (χ0v) is 18.3. The largest absolute Gasteiger partial charge is 0.450 e. The Balaban J connectivity index is 1.78. The first kappa shape index (κ1) is 20.5. The van der Waals surface area contributed by atoms with Crippen LogP contribution in [0.15, 0.2) is 75.9 Å². The summed E-state index contributed by atoms with van der Waals surface area (Å²) in [6.45, 7) is 1.47. The topological polar surface area (TPSA) is 67.6 Å². The van der Waals surface area contributed by atoms with Gasteiger partial charge in [-0.15, -0.1) is 0 Å². The van der Waals surface area contributed by atoms with E-state index in [-0.39, 0.29) is 22.5 Å². The molecular formula is C25H15Cl2NO4. The molecule has 1 aliphatic rings. The van der Waals surface area contributed by atoms with Gasteiger partial charge in [-0.05, 0) is 61.0 Å². The van der Waals surface area contributed by atoms with Gasteiger partial charge in [0.1, 0.15) is 5.58 Å². The van der Waals surface area contributed by atoms with Gasteiger partial charge in [-0.1, -0.05) is 41.4 Å². The summed E-state index contributed by atoms with van der Waals surface area (Å²) in [5.41, 5.74) is 1.95. The lowest BCUT2D eigenvalue weighted by atomic mass is 9.98. The average Bonchev–Trinajstić information content (AvgIpc) is 3.08. The fraction of sp³-hybridized carbons (Fsp3) is 0.0800. The van der Waals surface area contributed by atoms with E-state index in [0.717, 1.165) is 0 Å². The number of Topliss-reactive ketones (excluding diaryl/α,β-unsaturated/α-hetero) is 1. The number of nitrogens with zero attached hydrogens (tertiary/aromatic N) is 1. The fourth-order valence-corrected chi connectivity index (χ4v) is 4.35. The van der Waals surface area contributed by atoms with Crippen LogP contribution in [0.3, 0.4) is 0 Å². The first-order valence-corrected chi connectivity index (χ1v) is 10.6. The van der Waals surface area contributed by atoms with E-state index in [1.807, 2.05) is 0 Å². The molecule has 3 aromatic carbocycles. The van der Waals surface area contributed by atoms with E-state index in [1.54, 1.807) is 66.7 Å². The van der Waals surface area contributed by atoms with Crippen molar-refractivity contribution in [3.63, 3.8) is 0 Å². The summed E-state index contributed by atoms with van der Waals surface area (Å²) < 4.78 is 5.91. The molecule has 0 radical (unpaired) electrons. The predicted octanol–water partition coefficient (Wildman–Crippen LogP) is 6.05. The van der Waals surface area contributed by atoms with Crippen LogP contribution in [0, 0.1) is 0 Å². The number of hydrogen-bond acceptors (Lipinski definition) is 4. The number of ketones is 1. The molecule has 0 N–H and O–H groups in total. The molecule has 5 nitrogen and oxygen atoms in total. The zero-order valence-electron chi connectivity index (χ0n) is 16.8. The van der Waals surface area contributed by atoms with E-state index in [2.05, 4.69) is 0 Å². The van der Waals surface area contributed by atoms with Crippen LogP contribution in [-0.2, 0) is 0 Å². The van der Waals surface area contributed by atoms with Gasteiger partial charge in [-0.2, -0.15) is 0 Å². The van der Waals surface area contributed by atoms with Crippen molar-refractivity contribution in [1.29, 1.82) is 0 Å². The Morgan fingerprint density at radius 3 is 2.34 bits per heavy atom. The SMILES string of the molecule is CC(=O)c1ccc(N2C(=O)c3oc4ccccc4c(=O)c3C2c2ccc(Cl)c(Cl)c2)cc1. The van der Waals surface area contributed by atoms with Crippen molar-refractivity contribution >= 4 is 51.5 Å². The Bertz CT molecular complexity index is 1470. The molecule has 0 fully saturated rings. The van der Waals surface area contributed by atoms with Gasteiger partial charge in [-0.3, -0.25) is 19.3 Å². The molecule has 7 heteroatoms. The highest BCUT2D eigenvalue weighted by molar-refractivity contribution is 6.42. The average molecular weight is 464 g/mol. The van der Waals surface area contributed by atoms with Gasteiger partial charge in [0.25, 0.3) is 5.91 Å². The standard InChI is InChI=1S/C25H15Cl2NO4/c1-13(29)14-6-9-16(10-7-14)28-22(15-8-11-18(26)19(27)12-15)21-23(30)17-4-2-3-5-20(17)32-24(21)25(28)31/h2-12,22H,1H3. The number of amides is 1. The molecule has 2 heterocycles. The number of rotatable bonds is 3. The van der Waals surface area contributed by atoms with Crippen LogP contribution in [0.2, 0.25) is 10.0 Å². The first-order valence-electron chi connectivity index (χ1n) is 9.82. The molecule has 0 saturated carbocycles. The molecule has 0 saturated heterocycles. The maximum Gasteiger partial charge on any atom is 0.295 e. The lowest BCUT2D eigenvalue weighted by Gasteiger charge is -2.25. The van der Waals surface area contributed by atoms with E-state index < -0.39 is 11.9 Å². The van der Waals surface area contributed by atoms with Gasteiger partial charge < -0.3 is 4.42 Å². The summed E-state index contributed by atoms with van der Waals surface area (Å²) in [4.78, 5) is 40.2. The molecule has 158 valence electrons. The van der Waals surface area contributed by atoms with Gasteiger partial charge in [0, 0.05) is 11.3 Å². The number of halogens is 2. The van der Waals surface area contributed by atoms with Crippen LogP contribution in [0.4, 0.5) is 5.69 Å². The predicted molar refractivity (Wildman–Crippen MR) is 124 cm³/mol. The Labute approximate surface area is 192 Å². The monoisotopic (exact) mass is 463 g/mol. The smallest absolute Gasteiger partial charge is 0.295 e. The van der Waals surface area contributed by atoms with Gasteiger partial charge in [0.15, 0.2) is 11.2 Å². The summed E-state index contributed by atoms with van der Waals surface area (Å²) >= 11 is 12.4. The Morgan fingerprint density at radius 1 is 0.938 bits per heavy atom. The van der Waals surface area contributed by atoms with E-state index in [0.29, 0.717) is 37.8 Å². The number of carbonyl (C=O) groups is 2. The maximum atomic E-state index is 13.5. The van der Waals surface area contributed by atoms with Crippen LogP contribution in [0.25, 0.3) is 11.0 Å². The molecule has 1 amide bonds. The van der Waals surface area contributed by atoms with Crippen molar-refractivity contribution in [2.75, 3.05) is 4.90 Å². The van der Waals surface area contributed by atoms with Gasteiger partial charge >= 0.3 is 0 Å². The van der Waals surface area contributed by atoms with E-state index >= 15 is 0 Å². The van der Waals surface area contributed by atoms with Gasteiger partial charge in [0.2, 0.25) is 5.76 Å². The van der Waals surface area contributed by atoms with Crippen molar-refractivity contribution in [1.82, 2.24) is 0 Å². The number of benzene rings is 3. The minimum atomic E-state index is -0.767. The molecule has 0 spiro atoms. The summed E-state index contributed by atoms with van der Waals surface area (Å²) in [6, 6.07) is 17.7. The van der Waals surface area contributed by atoms with Crippen LogP contribution in [0.5, 0.6) is 0 Å². The van der Waals surface area contributed by atoms with Crippen LogP contribution in [-0.4, -0.2) is 11.7 Å². The van der Waals surface area contributed by atoms with Gasteiger partial charge in [0.05, 0.1) is 27.0 Å². The summed E-state index contributed by atoms with van der Waals surface area (Å²) in [5, 5.41) is 1.06. The quantitative estimate of drug-likeness (QED) is 0.346. The zero-order chi connectivity index (χ0) is 22.6. The molecule has 1 unspecified atom stereocenters. The highest BCUT2D eigenvalue weighted by atomic mass is 35.5. The lowest BCUT2D eigenvalue weighted by Crippen LogP contribution is -2.29. The maximum absolute atomic E-state index is 13.5. The Hall–Kier alpha value is -3.41. The third-order valence-electron chi connectivity index (χ3n) is 5.59. The third-order valence-corrected chi connectivity index (χ3v) is 6.33. The highest BCUT2D eigenvalue weighted by Crippen LogP contribution is 2.42. The number of anilines is 1. The summed E-state index contributed by atoms with van der Waals surface area (Å²) in [6.07, 6.45) is 0. The van der Waals surface area contributed by atoms with Crippen molar-refractivity contribution < 1.29 is 14.0 Å². The van der Waals surface area contributed by atoms with E-state index in [9.17, 15) is 14.4 Å². The minimum Gasteiger partial charge on any atom is -0.450 e. The lowest BCUT2D eigenvalue weighted by molar-refractivity contribution is 0.0970. The van der Waals surface area contributed by atoms with E-state index in [1.165, 1.54) is 11.8 Å². The molecule has 32 heavy (non-hydrogen) atoms. The first-order chi connectivity index (χ1) is 15.4. The molecule has 5 rings (SSSR count). The van der Waals surface area contributed by atoms with Crippen molar-refractivity contribution in [2.45, 2.75) is 13.0 Å². The normalized spacial score (nSPS) is 15.3. The van der Waals surface area contributed by atoms with Crippen molar-refractivity contribution in [2.24, 2.45) is 0 Å². The van der Waals surface area contributed by atoms with Crippen molar-refractivity contribution in [3.8, 4) is 0 Å². The summed E-state index contributed by atoms with van der Waals surface area (Å²) in [5.74, 6) is -0.549. The third kappa shape index (κ3) is 3.13.